The van der Waals surface area contributed by atoms with Gasteiger partial charge < -0.3 is 19.5 Å². The number of nitrogens with one attached hydrogen (secondary N) is 1. The summed E-state index contributed by atoms with van der Waals surface area (Å²) in [7, 11) is 1.43. The zero-order valence-electron chi connectivity index (χ0n) is 14.4. The van der Waals surface area contributed by atoms with Gasteiger partial charge in [0.15, 0.2) is 6.10 Å². The van der Waals surface area contributed by atoms with Gasteiger partial charge in [-0.25, -0.2) is 4.79 Å². The number of carbonyl (C=O) groups is 2. The third kappa shape index (κ3) is 5.82. The molecule has 0 saturated carbocycles. The van der Waals surface area contributed by atoms with Crippen molar-refractivity contribution in [2.75, 3.05) is 12.4 Å². The van der Waals surface area contributed by atoms with Crippen molar-refractivity contribution in [3.05, 3.63) is 53.1 Å². The Morgan fingerprint density at radius 3 is 2.37 bits per heavy atom. The quantitative estimate of drug-likeness (QED) is 0.708. The molecule has 27 heavy (non-hydrogen) atoms. The van der Waals surface area contributed by atoms with Crippen LogP contribution >= 0.6 is 11.6 Å². The Hall–Kier alpha value is -2.87. The fourth-order valence-corrected chi connectivity index (χ4v) is 2.24. The Balaban J connectivity index is 1.99. The molecule has 0 heterocycles. The molecule has 0 aliphatic heterocycles. The van der Waals surface area contributed by atoms with Crippen LogP contribution in [-0.2, 0) is 9.53 Å². The van der Waals surface area contributed by atoms with E-state index in [2.05, 4.69) is 10.1 Å². The van der Waals surface area contributed by atoms with Crippen LogP contribution in [0.1, 0.15) is 17.3 Å². The summed E-state index contributed by atoms with van der Waals surface area (Å²) in [4.78, 5) is 24.3. The minimum Gasteiger partial charge on any atom is -0.495 e. The van der Waals surface area contributed by atoms with E-state index < -0.39 is 24.6 Å². The number of amides is 1. The number of rotatable bonds is 7. The molecule has 0 radical (unpaired) electrons. The molecule has 1 atom stereocenters. The lowest BCUT2D eigenvalue weighted by atomic mass is 10.2. The molecule has 144 valence electrons. The van der Waals surface area contributed by atoms with Crippen LogP contribution in [0.2, 0.25) is 5.02 Å². The third-order valence-corrected chi connectivity index (χ3v) is 3.62. The van der Waals surface area contributed by atoms with Gasteiger partial charge in [-0.05, 0) is 49.4 Å². The molecule has 2 aromatic rings. The Kier molecular flexibility index (Phi) is 6.95. The number of hydrogen-bond donors (Lipinski definition) is 1. The molecular weight excluding hydrogens is 384 g/mol. The summed E-state index contributed by atoms with van der Waals surface area (Å²) in [5.74, 6) is -1.10. The van der Waals surface area contributed by atoms with Crippen LogP contribution < -0.4 is 14.8 Å². The molecule has 0 bridgehead atoms. The molecule has 0 aromatic heterocycles. The maximum absolute atomic E-state index is 12.2. The second kappa shape index (κ2) is 9.18. The molecule has 0 aliphatic rings. The first-order valence-corrected chi connectivity index (χ1v) is 8.08. The summed E-state index contributed by atoms with van der Waals surface area (Å²) >= 11 is 5.90. The molecule has 0 unspecified atom stereocenters. The highest BCUT2D eigenvalue weighted by Crippen LogP contribution is 2.28. The number of alkyl halides is 2. The Morgan fingerprint density at radius 1 is 1.11 bits per heavy atom. The summed E-state index contributed by atoms with van der Waals surface area (Å²) in [5, 5.41) is 2.95. The molecule has 0 fully saturated rings. The fourth-order valence-electron chi connectivity index (χ4n) is 2.07. The van der Waals surface area contributed by atoms with Crippen molar-refractivity contribution in [2.24, 2.45) is 0 Å². The molecule has 1 N–H and O–H groups in total. The highest BCUT2D eigenvalue weighted by atomic mass is 35.5. The van der Waals surface area contributed by atoms with Gasteiger partial charge in [-0.2, -0.15) is 8.78 Å². The molecule has 1 amide bonds. The van der Waals surface area contributed by atoms with Crippen molar-refractivity contribution in [1.29, 1.82) is 0 Å². The summed E-state index contributed by atoms with van der Waals surface area (Å²) in [6.07, 6.45) is -1.13. The number of methoxy groups -OCH3 is 1. The molecule has 2 aromatic carbocycles. The SMILES string of the molecule is COc1ccc(Cl)cc1NC(=O)[C@H](C)OC(=O)c1ccc(OC(F)F)cc1. The summed E-state index contributed by atoms with van der Waals surface area (Å²) in [5.41, 5.74) is 0.406. The van der Waals surface area contributed by atoms with Crippen molar-refractivity contribution < 1.29 is 32.6 Å². The maximum atomic E-state index is 12.2. The predicted molar refractivity (Wildman–Crippen MR) is 94.6 cm³/mol. The Labute approximate surface area is 159 Å². The summed E-state index contributed by atoms with van der Waals surface area (Å²) in [6, 6.07) is 9.58. The standard InChI is InChI=1S/C18H16ClF2NO5/c1-10(16(23)22-14-9-12(19)5-8-15(14)25-2)26-17(24)11-3-6-13(7-4-11)27-18(20)21/h3-10,18H,1-2H3,(H,22,23)/t10-/m0/s1. The Bertz CT molecular complexity index is 814. The van der Waals surface area contributed by atoms with Gasteiger partial charge in [0.05, 0.1) is 18.4 Å². The number of ether oxygens (including phenoxy) is 3. The number of benzene rings is 2. The lowest BCUT2D eigenvalue weighted by Gasteiger charge is -2.15. The van der Waals surface area contributed by atoms with Gasteiger partial charge in [-0.1, -0.05) is 11.6 Å². The second-order valence-electron chi connectivity index (χ2n) is 5.28. The molecule has 2 rings (SSSR count). The van der Waals surface area contributed by atoms with E-state index in [1.807, 2.05) is 0 Å². The number of esters is 1. The average molecular weight is 400 g/mol. The molecule has 0 saturated heterocycles. The van der Waals surface area contributed by atoms with Crippen molar-refractivity contribution in [1.82, 2.24) is 0 Å². The first-order chi connectivity index (χ1) is 12.8. The van der Waals surface area contributed by atoms with Gasteiger partial charge in [0.2, 0.25) is 0 Å². The highest BCUT2D eigenvalue weighted by molar-refractivity contribution is 6.31. The van der Waals surface area contributed by atoms with Crippen molar-refractivity contribution >= 4 is 29.2 Å². The molecular formula is C18H16ClF2NO5. The van der Waals surface area contributed by atoms with Crippen LogP contribution in [0, 0.1) is 0 Å². The number of anilines is 1. The monoisotopic (exact) mass is 399 g/mol. The van der Waals surface area contributed by atoms with Crippen LogP contribution in [0.25, 0.3) is 0 Å². The number of hydrogen-bond acceptors (Lipinski definition) is 5. The zero-order valence-corrected chi connectivity index (χ0v) is 15.1. The minimum absolute atomic E-state index is 0.0802. The normalized spacial score (nSPS) is 11.6. The van der Waals surface area contributed by atoms with Gasteiger partial charge in [-0.3, -0.25) is 4.79 Å². The molecule has 9 heteroatoms. The van der Waals surface area contributed by atoms with E-state index in [-0.39, 0.29) is 11.3 Å². The van der Waals surface area contributed by atoms with Gasteiger partial charge >= 0.3 is 12.6 Å². The van der Waals surface area contributed by atoms with Crippen LogP contribution in [0.15, 0.2) is 42.5 Å². The van der Waals surface area contributed by atoms with E-state index in [4.69, 9.17) is 21.1 Å². The van der Waals surface area contributed by atoms with E-state index in [1.54, 1.807) is 12.1 Å². The molecule has 0 spiro atoms. The van der Waals surface area contributed by atoms with Crippen molar-refractivity contribution in [2.45, 2.75) is 19.6 Å². The van der Waals surface area contributed by atoms with Crippen LogP contribution in [0.3, 0.4) is 0 Å². The van der Waals surface area contributed by atoms with Gasteiger partial charge in [-0.15, -0.1) is 0 Å². The van der Waals surface area contributed by atoms with Crippen LogP contribution in [0.5, 0.6) is 11.5 Å². The van der Waals surface area contributed by atoms with E-state index >= 15 is 0 Å². The van der Waals surface area contributed by atoms with Crippen molar-refractivity contribution in [3.63, 3.8) is 0 Å². The fraction of sp³-hybridized carbons (Fsp3) is 0.222. The second-order valence-corrected chi connectivity index (χ2v) is 5.72. The van der Waals surface area contributed by atoms with Gasteiger partial charge in [0.1, 0.15) is 11.5 Å². The maximum Gasteiger partial charge on any atom is 0.387 e. The first-order valence-electron chi connectivity index (χ1n) is 7.70. The number of halogens is 3. The first kappa shape index (κ1) is 20.4. The van der Waals surface area contributed by atoms with E-state index in [9.17, 15) is 18.4 Å². The molecule has 0 aliphatic carbocycles. The predicted octanol–water partition coefficient (Wildman–Crippen LogP) is 4.13. The topological polar surface area (TPSA) is 73.9 Å². The highest BCUT2D eigenvalue weighted by Gasteiger charge is 2.20. The minimum atomic E-state index is -2.96. The summed E-state index contributed by atoms with van der Waals surface area (Å²) in [6.45, 7) is -1.58. The van der Waals surface area contributed by atoms with E-state index in [0.29, 0.717) is 16.5 Å². The lowest BCUT2D eigenvalue weighted by Crippen LogP contribution is -2.30. The van der Waals surface area contributed by atoms with Crippen LogP contribution in [-0.4, -0.2) is 31.7 Å². The smallest absolute Gasteiger partial charge is 0.387 e. The van der Waals surface area contributed by atoms with Gasteiger partial charge in [0.25, 0.3) is 5.91 Å². The lowest BCUT2D eigenvalue weighted by molar-refractivity contribution is -0.123. The zero-order chi connectivity index (χ0) is 20.0. The Morgan fingerprint density at radius 2 is 1.78 bits per heavy atom. The van der Waals surface area contributed by atoms with Gasteiger partial charge in [0, 0.05) is 5.02 Å². The number of carbonyl (C=O) groups excluding carboxylic acids is 2. The largest absolute Gasteiger partial charge is 0.495 e. The third-order valence-electron chi connectivity index (χ3n) is 3.39. The van der Waals surface area contributed by atoms with E-state index in [0.717, 1.165) is 0 Å². The van der Waals surface area contributed by atoms with E-state index in [1.165, 1.54) is 44.4 Å². The average Bonchev–Trinajstić information content (AvgIpc) is 2.61. The molecule has 6 nitrogen and oxygen atoms in total. The summed E-state index contributed by atoms with van der Waals surface area (Å²) < 4.78 is 38.6. The van der Waals surface area contributed by atoms with Crippen LogP contribution in [0.4, 0.5) is 14.5 Å². The van der Waals surface area contributed by atoms with Crippen molar-refractivity contribution in [3.8, 4) is 11.5 Å².